The van der Waals surface area contributed by atoms with Crippen molar-refractivity contribution in [3.63, 3.8) is 0 Å². The molecule has 1 N–H and O–H groups in total. The molecule has 2 heterocycles. The second kappa shape index (κ2) is 10.5. The lowest BCUT2D eigenvalue weighted by Gasteiger charge is -2.38. The first kappa shape index (κ1) is 25.4. The van der Waals surface area contributed by atoms with Crippen molar-refractivity contribution in [1.82, 2.24) is 14.4 Å². The van der Waals surface area contributed by atoms with Gasteiger partial charge in [-0.1, -0.05) is 19.8 Å². The molecule has 190 valence electrons. The Kier molecular flexibility index (Phi) is 7.64. The van der Waals surface area contributed by atoms with E-state index >= 15 is 0 Å². The first-order valence-corrected chi connectivity index (χ1v) is 13.1. The Labute approximate surface area is 208 Å². The molecule has 1 aromatic heterocycles. The van der Waals surface area contributed by atoms with Crippen LogP contribution in [0.1, 0.15) is 70.2 Å². The standard InChI is InChI=1S/C28H40N4O3/c1-5-20(25(29)27(34)35-28(2,3)4)19-32-13-12-21-18-22(10-11-24(21)32)26(33)31-16-14-30(15-17-31)23-8-6-7-9-23/h10-13,18,20,23,29H,5-9,14-17,19H2,1-4H3/t20-/m0/s1. The van der Waals surface area contributed by atoms with Crippen LogP contribution in [-0.4, -0.2) is 69.8 Å². The molecular weight excluding hydrogens is 440 g/mol. The summed E-state index contributed by atoms with van der Waals surface area (Å²) in [5.74, 6) is -0.691. The van der Waals surface area contributed by atoms with Gasteiger partial charge in [0.15, 0.2) is 0 Å². The number of benzene rings is 1. The van der Waals surface area contributed by atoms with Crippen LogP contribution in [0.4, 0.5) is 0 Å². The zero-order valence-electron chi connectivity index (χ0n) is 21.7. The molecule has 2 fully saturated rings. The number of piperazine rings is 1. The van der Waals surface area contributed by atoms with E-state index in [0.717, 1.165) is 42.6 Å². The average molecular weight is 481 g/mol. The van der Waals surface area contributed by atoms with Gasteiger partial charge in [-0.25, -0.2) is 4.79 Å². The van der Waals surface area contributed by atoms with E-state index in [1.54, 1.807) is 0 Å². The van der Waals surface area contributed by atoms with Crippen LogP contribution in [0.15, 0.2) is 30.5 Å². The average Bonchev–Trinajstić information content (AvgIpc) is 3.51. The van der Waals surface area contributed by atoms with E-state index in [1.165, 1.54) is 25.7 Å². The maximum atomic E-state index is 13.2. The number of esters is 1. The second-order valence-corrected chi connectivity index (χ2v) is 11.0. The van der Waals surface area contributed by atoms with Crippen molar-refractivity contribution in [3.05, 3.63) is 36.0 Å². The molecule has 1 saturated heterocycles. The maximum absolute atomic E-state index is 13.2. The molecule has 1 amide bonds. The van der Waals surface area contributed by atoms with Gasteiger partial charge in [0.25, 0.3) is 5.91 Å². The summed E-state index contributed by atoms with van der Waals surface area (Å²) in [7, 11) is 0. The lowest BCUT2D eigenvalue weighted by molar-refractivity contribution is -0.146. The van der Waals surface area contributed by atoms with E-state index < -0.39 is 11.6 Å². The summed E-state index contributed by atoms with van der Waals surface area (Å²) >= 11 is 0. The zero-order chi connectivity index (χ0) is 25.2. The van der Waals surface area contributed by atoms with Gasteiger partial charge in [-0.05, 0) is 64.3 Å². The maximum Gasteiger partial charge on any atom is 0.352 e. The fourth-order valence-electron chi connectivity index (χ4n) is 5.40. The Balaban J connectivity index is 1.41. The number of carbonyl (C=O) groups excluding carboxylic acids is 2. The van der Waals surface area contributed by atoms with E-state index in [9.17, 15) is 9.59 Å². The molecule has 1 atom stereocenters. The van der Waals surface area contributed by atoms with Crippen LogP contribution in [0.5, 0.6) is 0 Å². The smallest absolute Gasteiger partial charge is 0.352 e. The van der Waals surface area contributed by atoms with Crippen molar-refractivity contribution < 1.29 is 14.3 Å². The molecule has 7 heteroatoms. The van der Waals surface area contributed by atoms with Gasteiger partial charge < -0.3 is 14.2 Å². The number of fused-ring (bicyclic) bond motifs is 1. The molecule has 35 heavy (non-hydrogen) atoms. The van der Waals surface area contributed by atoms with Crippen LogP contribution < -0.4 is 0 Å². The SMILES string of the molecule is CC[C@@H](Cn1ccc2cc(C(=O)N3CCN(C4CCCC4)CC3)ccc21)C(=N)C(=O)OC(C)(C)C. The topological polar surface area (TPSA) is 78.6 Å². The summed E-state index contributed by atoms with van der Waals surface area (Å²) in [6, 6.07) is 8.59. The predicted molar refractivity (Wildman–Crippen MR) is 139 cm³/mol. The minimum absolute atomic E-state index is 0.00724. The number of rotatable bonds is 7. The van der Waals surface area contributed by atoms with E-state index in [1.807, 2.05) is 63.1 Å². The van der Waals surface area contributed by atoms with Crippen LogP contribution in [0, 0.1) is 11.3 Å². The molecule has 0 radical (unpaired) electrons. The second-order valence-electron chi connectivity index (χ2n) is 11.0. The summed E-state index contributed by atoms with van der Waals surface area (Å²) in [4.78, 5) is 30.2. The summed E-state index contributed by atoms with van der Waals surface area (Å²) in [5, 5.41) is 9.37. The third kappa shape index (κ3) is 5.95. The highest BCUT2D eigenvalue weighted by Crippen LogP contribution is 2.25. The number of nitrogens with one attached hydrogen (secondary N) is 1. The Morgan fingerprint density at radius 1 is 1.09 bits per heavy atom. The van der Waals surface area contributed by atoms with E-state index in [4.69, 9.17) is 10.1 Å². The van der Waals surface area contributed by atoms with Crippen molar-refractivity contribution in [2.75, 3.05) is 26.2 Å². The van der Waals surface area contributed by atoms with E-state index in [-0.39, 0.29) is 17.5 Å². The molecule has 2 aromatic rings. The minimum Gasteiger partial charge on any atom is -0.455 e. The van der Waals surface area contributed by atoms with Crippen molar-refractivity contribution in [1.29, 1.82) is 5.41 Å². The molecule has 0 spiro atoms. The Morgan fingerprint density at radius 2 is 1.77 bits per heavy atom. The third-order valence-corrected chi connectivity index (χ3v) is 7.40. The molecule has 1 saturated carbocycles. The van der Waals surface area contributed by atoms with Gasteiger partial charge in [0.1, 0.15) is 11.3 Å². The van der Waals surface area contributed by atoms with Gasteiger partial charge in [0.05, 0.1) is 0 Å². The van der Waals surface area contributed by atoms with Crippen molar-refractivity contribution in [3.8, 4) is 0 Å². The summed E-state index contributed by atoms with van der Waals surface area (Å²) in [5.41, 5.74) is 1.11. The Morgan fingerprint density at radius 3 is 2.40 bits per heavy atom. The predicted octanol–water partition coefficient (Wildman–Crippen LogP) is 4.73. The number of aromatic nitrogens is 1. The number of hydrogen-bond donors (Lipinski definition) is 1. The van der Waals surface area contributed by atoms with Crippen LogP contribution in [-0.2, 0) is 16.1 Å². The van der Waals surface area contributed by atoms with Gasteiger partial charge in [-0.3, -0.25) is 15.1 Å². The lowest BCUT2D eigenvalue weighted by atomic mass is 9.99. The number of nitrogens with zero attached hydrogens (tertiary/aromatic N) is 3. The number of ether oxygens (including phenoxy) is 1. The summed E-state index contributed by atoms with van der Waals surface area (Å²) < 4.78 is 7.47. The van der Waals surface area contributed by atoms with Crippen LogP contribution in [0.3, 0.4) is 0 Å². The monoisotopic (exact) mass is 480 g/mol. The number of hydrogen-bond acceptors (Lipinski definition) is 5. The third-order valence-electron chi connectivity index (χ3n) is 7.40. The fraction of sp³-hybridized carbons (Fsp3) is 0.607. The van der Waals surface area contributed by atoms with Gasteiger partial charge >= 0.3 is 5.97 Å². The highest BCUT2D eigenvalue weighted by Gasteiger charge is 2.29. The minimum atomic E-state index is -0.617. The molecule has 7 nitrogen and oxygen atoms in total. The normalized spacial score (nSPS) is 18.7. The molecule has 4 rings (SSSR count). The van der Waals surface area contributed by atoms with Crippen LogP contribution in [0.25, 0.3) is 10.9 Å². The first-order valence-electron chi connectivity index (χ1n) is 13.1. The largest absolute Gasteiger partial charge is 0.455 e. The highest BCUT2D eigenvalue weighted by atomic mass is 16.6. The molecule has 2 aliphatic rings. The Hall–Kier alpha value is -2.67. The molecular formula is C28H40N4O3. The summed E-state index contributed by atoms with van der Waals surface area (Å²) in [6.45, 7) is 11.5. The van der Waals surface area contributed by atoms with Gasteiger partial charge in [-0.15, -0.1) is 0 Å². The molecule has 0 unspecified atom stereocenters. The van der Waals surface area contributed by atoms with Crippen molar-refractivity contribution >= 4 is 28.5 Å². The van der Waals surface area contributed by atoms with Gasteiger partial charge in [0, 0.05) is 67.3 Å². The quantitative estimate of drug-likeness (QED) is 0.459. The van der Waals surface area contributed by atoms with Gasteiger partial charge in [-0.2, -0.15) is 0 Å². The molecule has 1 aliphatic carbocycles. The Bertz CT molecular complexity index is 1070. The summed E-state index contributed by atoms with van der Waals surface area (Å²) in [6.07, 6.45) is 7.93. The van der Waals surface area contributed by atoms with Crippen molar-refractivity contribution in [2.45, 2.75) is 78.0 Å². The van der Waals surface area contributed by atoms with E-state index in [0.29, 0.717) is 19.0 Å². The van der Waals surface area contributed by atoms with E-state index in [2.05, 4.69) is 9.47 Å². The van der Waals surface area contributed by atoms with Gasteiger partial charge in [0.2, 0.25) is 0 Å². The lowest BCUT2D eigenvalue weighted by Crippen LogP contribution is -2.51. The zero-order valence-corrected chi connectivity index (χ0v) is 21.7. The number of carbonyl (C=O) groups is 2. The van der Waals surface area contributed by atoms with Crippen LogP contribution in [0.2, 0.25) is 0 Å². The molecule has 1 aliphatic heterocycles. The number of amides is 1. The molecule has 1 aromatic carbocycles. The first-order chi connectivity index (χ1) is 16.7. The highest BCUT2D eigenvalue weighted by molar-refractivity contribution is 6.36. The van der Waals surface area contributed by atoms with Crippen LogP contribution >= 0.6 is 0 Å². The van der Waals surface area contributed by atoms with Crippen molar-refractivity contribution in [2.24, 2.45) is 5.92 Å². The fourth-order valence-corrected chi connectivity index (χ4v) is 5.40. The molecule has 0 bridgehead atoms.